The number of oxime groups is 1. The molecule has 1 aromatic rings. The normalized spacial score (nSPS) is 13.1. The van der Waals surface area contributed by atoms with Gasteiger partial charge in [0.15, 0.2) is 5.84 Å². The molecule has 0 heterocycles. The molecule has 1 atom stereocenters. The van der Waals surface area contributed by atoms with E-state index in [1.807, 2.05) is 38.1 Å². The highest BCUT2D eigenvalue weighted by molar-refractivity contribution is 6.07. The van der Waals surface area contributed by atoms with Gasteiger partial charge < -0.3 is 16.3 Å². The largest absolute Gasteiger partial charge is 0.409 e. The van der Waals surface area contributed by atoms with E-state index in [9.17, 15) is 4.79 Å². The van der Waals surface area contributed by atoms with Gasteiger partial charge in [0.05, 0.1) is 5.92 Å². The summed E-state index contributed by atoms with van der Waals surface area (Å²) in [6, 6.07) is 7.59. The maximum atomic E-state index is 12.0. The van der Waals surface area contributed by atoms with Crippen LogP contribution in [-0.4, -0.2) is 17.0 Å². The average Bonchev–Trinajstić information content (AvgIpc) is 2.39. The van der Waals surface area contributed by atoms with Gasteiger partial charge in [-0.2, -0.15) is 0 Å². The number of anilines is 1. The van der Waals surface area contributed by atoms with Crippen LogP contribution in [0, 0.1) is 5.92 Å². The highest BCUT2D eigenvalue weighted by Crippen LogP contribution is 2.17. The highest BCUT2D eigenvalue weighted by atomic mass is 16.4. The fourth-order valence-electron chi connectivity index (χ4n) is 1.77. The monoisotopic (exact) mass is 249 g/mol. The van der Waals surface area contributed by atoms with E-state index in [2.05, 4.69) is 10.5 Å². The summed E-state index contributed by atoms with van der Waals surface area (Å²) in [6.45, 7) is 3.83. The Morgan fingerprint density at radius 2 is 2.11 bits per heavy atom. The van der Waals surface area contributed by atoms with Crippen LogP contribution in [0.5, 0.6) is 0 Å². The molecule has 4 N–H and O–H groups in total. The summed E-state index contributed by atoms with van der Waals surface area (Å²) in [6.07, 6.45) is 1.31. The molecule has 1 unspecified atom stereocenters. The zero-order valence-electron chi connectivity index (χ0n) is 10.7. The maximum Gasteiger partial charge on any atom is 0.235 e. The van der Waals surface area contributed by atoms with Crippen molar-refractivity contribution in [3.05, 3.63) is 29.8 Å². The fourth-order valence-corrected chi connectivity index (χ4v) is 1.77. The molecule has 5 nitrogen and oxygen atoms in total. The molecular weight excluding hydrogens is 230 g/mol. The van der Waals surface area contributed by atoms with E-state index in [1.54, 1.807) is 0 Å². The van der Waals surface area contributed by atoms with Gasteiger partial charge in [-0.25, -0.2) is 0 Å². The minimum Gasteiger partial charge on any atom is -0.409 e. The Morgan fingerprint density at radius 1 is 1.44 bits per heavy atom. The third kappa shape index (κ3) is 3.23. The van der Waals surface area contributed by atoms with Crippen LogP contribution in [0.15, 0.2) is 29.4 Å². The highest BCUT2D eigenvalue weighted by Gasteiger charge is 2.21. The molecule has 5 heteroatoms. The predicted octanol–water partition coefficient (Wildman–Crippen LogP) is 1.96. The van der Waals surface area contributed by atoms with E-state index in [4.69, 9.17) is 10.9 Å². The quantitative estimate of drug-likeness (QED) is 0.322. The molecule has 0 bridgehead atoms. The molecule has 0 fully saturated rings. The van der Waals surface area contributed by atoms with E-state index >= 15 is 0 Å². The van der Waals surface area contributed by atoms with E-state index in [-0.39, 0.29) is 11.7 Å². The lowest BCUT2D eigenvalue weighted by Gasteiger charge is -2.15. The lowest BCUT2D eigenvalue weighted by Crippen LogP contribution is -2.34. The molecular formula is C13H19N3O2. The topological polar surface area (TPSA) is 87.7 Å². The molecule has 0 aromatic heterocycles. The number of hydrogen-bond donors (Lipinski definition) is 3. The molecule has 18 heavy (non-hydrogen) atoms. The zero-order valence-corrected chi connectivity index (χ0v) is 10.7. The summed E-state index contributed by atoms with van der Waals surface area (Å²) in [5.74, 6) is -0.933. The van der Waals surface area contributed by atoms with E-state index < -0.39 is 5.92 Å². The summed E-state index contributed by atoms with van der Waals surface area (Å²) < 4.78 is 0. The third-order valence-electron chi connectivity index (χ3n) is 2.85. The summed E-state index contributed by atoms with van der Waals surface area (Å²) >= 11 is 0. The van der Waals surface area contributed by atoms with Crippen LogP contribution >= 0.6 is 0 Å². The first-order valence-electron chi connectivity index (χ1n) is 6.00. The number of benzene rings is 1. The minimum atomic E-state index is -0.611. The Kier molecular flexibility index (Phi) is 5.17. The average molecular weight is 249 g/mol. The number of aryl methyl sites for hydroxylation is 1. The second-order valence-electron chi connectivity index (χ2n) is 3.99. The first kappa shape index (κ1) is 14.0. The standard InChI is InChI=1S/C13H19N3O2/c1-3-9-7-5-6-8-11(9)15-13(17)10(4-2)12(14)16-18/h5-8,10,18H,3-4H2,1-2H3,(H2,14,16)(H,15,17). The molecule has 1 aromatic carbocycles. The number of nitrogens with two attached hydrogens (primary N) is 1. The molecule has 98 valence electrons. The Hall–Kier alpha value is -2.04. The fraction of sp³-hybridized carbons (Fsp3) is 0.385. The number of amides is 1. The van der Waals surface area contributed by atoms with Crippen LogP contribution < -0.4 is 11.1 Å². The van der Waals surface area contributed by atoms with Crippen molar-refractivity contribution in [3.63, 3.8) is 0 Å². The Morgan fingerprint density at radius 3 is 2.67 bits per heavy atom. The summed E-state index contributed by atoms with van der Waals surface area (Å²) in [5, 5.41) is 14.4. The summed E-state index contributed by atoms with van der Waals surface area (Å²) in [7, 11) is 0. The van der Waals surface area contributed by atoms with Gasteiger partial charge in [0, 0.05) is 5.69 Å². The first-order chi connectivity index (χ1) is 8.63. The minimum absolute atomic E-state index is 0.0658. The summed E-state index contributed by atoms with van der Waals surface area (Å²) in [5.41, 5.74) is 7.32. The van der Waals surface area contributed by atoms with Crippen molar-refractivity contribution < 1.29 is 10.0 Å². The van der Waals surface area contributed by atoms with Gasteiger partial charge in [0.25, 0.3) is 0 Å². The van der Waals surface area contributed by atoms with Crippen LogP contribution in [0.1, 0.15) is 25.8 Å². The van der Waals surface area contributed by atoms with Crippen LogP contribution in [0.3, 0.4) is 0 Å². The van der Waals surface area contributed by atoms with Crippen molar-refractivity contribution in [2.24, 2.45) is 16.8 Å². The number of amidine groups is 1. The number of nitrogens with one attached hydrogen (secondary N) is 1. The molecule has 0 aliphatic heterocycles. The number of para-hydroxylation sites is 1. The van der Waals surface area contributed by atoms with Crippen molar-refractivity contribution in [2.45, 2.75) is 26.7 Å². The van der Waals surface area contributed by atoms with E-state index in [0.29, 0.717) is 6.42 Å². The molecule has 0 aliphatic carbocycles. The Balaban J connectivity index is 2.86. The van der Waals surface area contributed by atoms with Crippen LogP contribution in [0.2, 0.25) is 0 Å². The number of hydrogen-bond acceptors (Lipinski definition) is 3. The number of rotatable bonds is 5. The van der Waals surface area contributed by atoms with E-state index in [0.717, 1.165) is 17.7 Å². The van der Waals surface area contributed by atoms with Gasteiger partial charge in [0.2, 0.25) is 5.91 Å². The summed E-state index contributed by atoms with van der Waals surface area (Å²) in [4.78, 5) is 12.0. The third-order valence-corrected chi connectivity index (χ3v) is 2.85. The SMILES string of the molecule is CCc1ccccc1NC(=O)C(CC)C(N)=NO. The van der Waals surface area contributed by atoms with Gasteiger partial charge >= 0.3 is 0 Å². The van der Waals surface area contributed by atoms with Crippen molar-refractivity contribution in [2.75, 3.05) is 5.32 Å². The smallest absolute Gasteiger partial charge is 0.235 e. The van der Waals surface area contributed by atoms with E-state index in [1.165, 1.54) is 0 Å². The van der Waals surface area contributed by atoms with Gasteiger partial charge in [-0.05, 0) is 24.5 Å². The molecule has 0 aliphatic rings. The van der Waals surface area contributed by atoms with Gasteiger partial charge in [-0.15, -0.1) is 0 Å². The number of nitrogens with zero attached hydrogens (tertiary/aromatic N) is 1. The van der Waals surface area contributed by atoms with Crippen LogP contribution in [0.4, 0.5) is 5.69 Å². The Labute approximate surface area is 107 Å². The molecule has 0 spiro atoms. The van der Waals surface area contributed by atoms with Crippen LogP contribution in [-0.2, 0) is 11.2 Å². The molecule has 1 rings (SSSR count). The lowest BCUT2D eigenvalue weighted by molar-refractivity contribution is -0.118. The molecule has 1 amide bonds. The van der Waals surface area contributed by atoms with Gasteiger partial charge in [-0.3, -0.25) is 4.79 Å². The van der Waals surface area contributed by atoms with Crippen molar-refractivity contribution in [1.29, 1.82) is 0 Å². The second kappa shape index (κ2) is 6.64. The number of carbonyl (C=O) groups is 1. The van der Waals surface area contributed by atoms with Crippen LogP contribution in [0.25, 0.3) is 0 Å². The van der Waals surface area contributed by atoms with Crippen molar-refractivity contribution in [3.8, 4) is 0 Å². The second-order valence-corrected chi connectivity index (χ2v) is 3.99. The molecule has 0 radical (unpaired) electrons. The van der Waals surface area contributed by atoms with Crippen molar-refractivity contribution in [1.82, 2.24) is 0 Å². The predicted molar refractivity (Wildman–Crippen MR) is 71.6 cm³/mol. The van der Waals surface area contributed by atoms with Crippen molar-refractivity contribution >= 4 is 17.4 Å². The molecule has 0 saturated carbocycles. The zero-order chi connectivity index (χ0) is 13.5. The lowest BCUT2D eigenvalue weighted by atomic mass is 10.0. The Bertz CT molecular complexity index is 444. The number of carbonyl (C=O) groups excluding carboxylic acids is 1. The van der Waals surface area contributed by atoms with Gasteiger partial charge in [-0.1, -0.05) is 37.2 Å². The molecule has 0 saturated heterocycles. The maximum absolute atomic E-state index is 12.0. The first-order valence-corrected chi connectivity index (χ1v) is 6.00. The van der Waals surface area contributed by atoms with Gasteiger partial charge in [0.1, 0.15) is 0 Å².